The van der Waals surface area contributed by atoms with Crippen molar-refractivity contribution in [3.05, 3.63) is 76.7 Å². The molecule has 0 saturated carbocycles. The van der Waals surface area contributed by atoms with Crippen molar-refractivity contribution in [3.63, 3.8) is 0 Å². The Morgan fingerprint density at radius 1 is 1.03 bits per heavy atom. The average molecular weight is 484 g/mol. The van der Waals surface area contributed by atoms with E-state index >= 15 is 0 Å². The molecule has 0 spiro atoms. The van der Waals surface area contributed by atoms with Gasteiger partial charge in [-0.25, -0.2) is 19.2 Å². The van der Waals surface area contributed by atoms with Gasteiger partial charge in [0.05, 0.1) is 23.1 Å². The highest BCUT2D eigenvalue weighted by Gasteiger charge is 2.15. The summed E-state index contributed by atoms with van der Waals surface area (Å²) in [6.07, 6.45) is 9.09. The summed E-state index contributed by atoms with van der Waals surface area (Å²) in [5.41, 5.74) is 6.58. The van der Waals surface area contributed by atoms with Crippen LogP contribution in [0, 0.1) is 11.6 Å². The predicted octanol–water partition coefficient (Wildman–Crippen LogP) is 6.09. The lowest BCUT2D eigenvalue weighted by molar-refractivity contribution is 0.175. The van der Waals surface area contributed by atoms with Crippen LogP contribution in [-0.2, 0) is 18.0 Å². The molecule has 6 nitrogen and oxygen atoms in total. The Bertz CT molecular complexity index is 1290. The lowest BCUT2D eigenvalue weighted by atomic mass is 10.1. The molecule has 1 aliphatic heterocycles. The van der Waals surface area contributed by atoms with Crippen molar-refractivity contribution in [2.24, 2.45) is 0 Å². The van der Waals surface area contributed by atoms with Crippen LogP contribution < -0.4 is 5.48 Å². The number of fused-ring (bicyclic) bond motifs is 1. The second kappa shape index (κ2) is 10.0. The van der Waals surface area contributed by atoms with Crippen LogP contribution in [0.4, 0.5) is 14.6 Å². The summed E-state index contributed by atoms with van der Waals surface area (Å²) in [4.78, 5) is 19.9. The van der Waals surface area contributed by atoms with Gasteiger partial charge < -0.3 is 4.98 Å². The zero-order valence-electron chi connectivity index (χ0n) is 18.5. The van der Waals surface area contributed by atoms with Gasteiger partial charge >= 0.3 is 0 Å². The molecule has 0 amide bonds. The molecule has 5 rings (SSSR count). The van der Waals surface area contributed by atoms with E-state index in [0.717, 1.165) is 48.5 Å². The fraction of sp³-hybridized carbons (Fsp3) is 0.280. The summed E-state index contributed by atoms with van der Waals surface area (Å²) in [7, 11) is 0. The average Bonchev–Trinajstić information content (AvgIpc) is 3.26. The predicted molar refractivity (Wildman–Crippen MR) is 128 cm³/mol. The van der Waals surface area contributed by atoms with E-state index in [1.807, 2.05) is 6.07 Å². The minimum Gasteiger partial charge on any atom is -0.361 e. The zero-order valence-corrected chi connectivity index (χ0v) is 19.2. The highest BCUT2D eigenvalue weighted by molar-refractivity contribution is 6.31. The molecule has 2 N–H and O–H groups in total. The van der Waals surface area contributed by atoms with Gasteiger partial charge in [-0.2, -0.15) is 0 Å². The van der Waals surface area contributed by atoms with Crippen LogP contribution in [0.25, 0.3) is 22.2 Å². The molecule has 9 heteroatoms. The van der Waals surface area contributed by atoms with Crippen molar-refractivity contribution < 1.29 is 13.6 Å². The van der Waals surface area contributed by atoms with Crippen molar-refractivity contribution in [1.82, 2.24) is 19.9 Å². The monoisotopic (exact) mass is 483 g/mol. The highest BCUT2D eigenvalue weighted by atomic mass is 35.5. The van der Waals surface area contributed by atoms with Gasteiger partial charge in [-0.15, -0.1) is 0 Å². The summed E-state index contributed by atoms with van der Waals surface area (Å²) in [5.74, 6) is -1.01. The number of aromatic amines is 1. The van der Waals surface area contributed by atoms with Crippen molar-refractivity contribution >= 4 is 28.3 Å². The molecule has 0 bridgehead atoms. The van der Waals surface area contributed by atoms with Gasteiger partial charge in [-0.05, 0) is 55.8 Å². The van der Waals surface area contributed by atoms with Crippen LogP contribution >= 0.6 is 11.6 Å². The molecule has 0 atom stereocenters. The zero-order chi connectivity index (χ0) is 23.5. The fourth-order valence-electron chi connectivity index (χ4n) is 4.24. The first-order valence-electron chi connectivity index (χ1n) is 11.2. The Hall–Kier alpha value is -3.07. The van der Waals surface area contributed by atoms with E-state index < -0.39 is 11.6 Å². The molecule has 176 valence electrons. The van der Waals surface area contributed by atoms with Gasteiger partial charge in [-0.3, -0.25) is 14.7 Å². The number of halogens is 3. The number of benzene rings is 2. The van der Waals surface area contributed by atoms with Gasteiger partial charge in [0.2, 0.25) is 0 Å². The Labute approximate surface area is 200 Å². The summed E-state index contributed by atoms with van der Waals surface area (Å²) in [6, 6.07) is 8.17. The highest BCUT2D eigenvalue weighted by Crippen LogP contribution is 2.27. The van der Waals surface area contributed by atoms with Crippen molar-refractivity contribution in [1.29, 1.82) is 0 Å². The Kier molecular flexibility index (Phi) is 6.71. The standard InChI is InChI=1S/C25H24ClF2N5O/c26-25-19(20(27)5-6-21(25)28)15-34-32-24-13-30-23(12-31-24)16-4-7-22-18(10-16)17(11-29-22)14-33-8-2-1-3-9-33/h4-7,10-13,29H,1-3,8-9,14-15H2,(H,31,32). The van der Waals surface area contributed by atoms with Gasteiger partial charge in [0.25, 0.3) is 0 Å². The number of nitrogens with zero attached hydrogens (tertiary/aromatic N) is 3. The third kappa shape index (κ3) is 4.89. The number of hydrogen-bond donors (Lipinski definition) is 2. The minimum atomic E-state index is -0.704. The first-order chi connectivity index (χ1) is 16.6. The molecular formula is C25H24ClF2N5O. The normalized spacial score (nSPS) is 14.6. The van der Waals surface area contributed by atoms with Gasteiger partial charge in [0, 0.05) is 34.8 Å². The molecule has 1 aliphatic rings. The second-order valence-electron chi connectivity index (χ2n) is 8.41. The van der Waals surface area contributed by atoms with E-state index in [1.165, 1.54) is 36.4 Å². The first kappa shape index (κ1) is 22.7. The van der Waals surface area contributed by atoms with Gasteiger partial charge in [0.15, 0.2) is 5.82 Å². The minimum absolute atomic E-state index is 0.0705. The molecule has 0 unspecified atom stereocenters. The fourth-order valence-corrected chi connectivity index (χ4v) is 4.45. The van der Waals surface area contributed by atoms with Gasteiger partial charge in [-0.1, -0.05) is 24.1 Å². The molecule has 0 aliphatic carbocycles. The lowest BCUT2D eigenvalue weighted by Gasteiger charge is -2.26. The number of aromatic nitrogens is 3. The van der Waals surface area contributed by atoms with E-state index in [9.17, 15) is 8.78 Å². The van der Waals surface area contributed by atoms with Crippen LogP contribution in [-0.4, -0.2) is 32.9 Å². The van der Waals surface area contributed by atoms with Crippen LogP contribution in [0.5, 0.6) is 0 Å². The van der Waals surface area contributed by atoms with Crippen LogP contribution in [0.15, 0.2) is 48.9 Å². The molecule has 0 radical (unpaired) electrons. The Morgan fingerprint density at radius 3 is 2.65 bits per heavy atom. The number of anilines is 1. The summed E-state index contributed by atoms with van der Waals surface area (Å²) < 4.78 is 27.4. The molecule has 1 fully saturated rings. The third-order valence-corrected chi connectivity index (χ3v) is 6.50. The number of rotatable bonds is 7. The van der Waals surface area contributed by atoms with E-state index in [1.54, 1.807) is 6.20 Å². The van der Waals surface area contributed by atoms with E-state index in [4.69, 9.17) is 16.4 Å². The molecule has 2 aromatic heterocycles. The first-order valence-corrected chi connectivity index (χ1v) is 11.6. The van der Waals surface area contributed by atoms with Crippen molar-refractivity contribution in [2.45, 2.75) is 32.4 Å². The molecule has 34 heavy (non-hydrogen) atoms. The van der Waals surface area contributed by atoms with Crippen LogP contribution in [0.3, 0.4) is 0 Å². The number of hydrogen-bond acceptors (Lipinski definition) is 5. The topological polar surface area (TPSA) is 66.1 Å². The van der Waals surface area contributed by atoms with Crippen molar-refractivity contribution in [2.75, 3.05) is 18.6 Å². The number of H-pyrrole nitrogens is 1. The molecule has 3 heterocycles. The summed E-state index contributed by atoms with van der Waals surface area (Å²) in [5, 5.41) is 0.882. The number of piperidine rings is 1. The largest absolute Gasteiger partial charge is 0.361 e. The second-order valence-corrected chi connectivity index (χ2v) is 8.79. The summed E-state index contributed by atoms with van der Waals surface area (Å²) in [6.45, 7) is 2.96. The smallest absolute Gasteiger partial charge is 0.168 e. The maximum Gasteiger partial charge on any atom is 0.168 e. The Balaban J connectivity index is 1.26. The molecule has 2 aromatic carbocycles. The van der Waals surface area contributed by atoms with E-state index in [-0.39, 0.29) is 17.2 Å². The quantitative estimate of drug-likeness (QED) is 0.246. The van der Waals surface area contributed by atoms with E-state index in [0.29, 0.717) is 5.82 Å². The Morgan fingerprint density at radius 2 is 1.85 bits per heavy atom. The van der Waals surface area contributed by atoms with E-state index in [2.05, 4.69) is 43.7 Å². The maximum absolute atomic E-state index is 13.9. The number of likely N-dealkylation sites (tertiary alicyclic amines) is 1. The summed E-state index contributed by atoms with van der Waals surface area (Å²) >= 11 is 5.81. The van der Waals surface area contributed by atoms with Crippen LogP contribution in [0.2, 0.25) is 5.02 Å². The lowest BCUT2D eigenvalue weighted by Crippen LogP contribution is -2.28. The molecular weight excluding hydrogens is 460 g/mol. The number of nitrogens with one attached hydrogen (secondary N) is 2. The molecule has 4 aromatic rings. The SMILES string of the molecule is Fc1ccc(F)c(CONc2cnc(-c3ccc4[nH]cc(CN5CCCCC5)c4c3)cn2)c1Cl. The van der Waals surface area contributed by atoms with Crippen LogP contribution in [0.1, 0.15) is 30.4 Å². The molecule has 1 saturated heterocycles. The van der Waals surface area contributed by atoms with Gasteiger partial charge in [0.1, 0.15) is 18.2 Å². The maximum atomic E-state index is 13.9. The third-order valence-electron chi connectivity index (χ3n) is 6.09. The van der Waals surface area contributed by atoms with Crippen molar-refractivity contribution in [3.8, 4) is 11.3 Å².